The molecule has 102 valence electrons. The summed E-state index contributed by atoms with van der Waals surface area (Å²) in [5, 5.41) is 8.95. The van der Waals surface area contributed by atoms with Crippen LogP contribution in [-0.4, -0.2) is 42.0 Å². The minimum absolute atomic E-state index is 0.0443. The Bertz CT molecular complexity index is 467. The van der Waals surface area contributed by atoms with Crippen LogP contribution in [0.1, 0.15) is 23.6 Å². The zero-order valence-corrected chi connectivity index (χ0v) is 12.2. The molecule has 0 aromatic heterocycles. The Labute approximate surface area is 116 Å². The molecule has 1 aliphatic heterocycles. The molecule has 1 aliphatic rings. The molecule has 3 heteroatoms. The van der Waals surface area contributed by atoms with Gasteiger partial charge in [0.25, 0.3) is 0 Å². The number of rotatable bonds is 3. The van der Waals surface area contributed by atoms with Crippen LogP contribution in [-0.2, 0) is 6.54 Å². The number of nitriles is 1. The molecule has 1 fully saturated rings. The van der Waals surface area contributed by atoms with E-state index in [0.29, 0.717) is 0 Å². The van der Waals surface area contributed by atoms with Gasteiger partial charge in [-0.2, -0.15) is 5.26 Å². The minimum atomic E-state index is 0.0443. The molecule has 0 amide bonds. The van der Waals surface area contributed by atoms with Crippen molar-refractivity contribution >= 4 is 0 Å². The first kappa shape index (κ1) is 14.0. The van der Waals surface area contributed by atoms with Gasteiger partial charge in [-0.05, 0) is 31.9 Å². The molecule has 1 saturated heterocycles. The summed E-state index contributed by atoms with van der Waals surface area (Å²) in [4.78, 5) is 4.75. The summed E-state index contributed by atoms with van der Waals surface area (Å²) in [5.41, 5.74) is 4.14. The Hall–Kier alpha value is -1.37. The molecule has 0 aliphatic carbocycles. The first-order chi connectivity index (χ1) is 9.10. The zero-order valence-electron chi connectivity index (χ0n) is 12.2. The molecular formula is C16H23N3. The van der Waals surface area contributed by atoms with Crippen molar-refractivity contribution in [2.45, 2.75) is 33.4 Å². The molecule has 3 nitrogen and oxygen atoms in total. The lowest BCUT2D eigenvalue weighted by molar-refractivity contribution is 0.114. The molecule has 0 spiro atoms. The Balaban J connectivity index is 1.92. The molecule has 1 atom stereocenters. The predicted molar refractivity (Wildman–Crippen MR) is 77.8 cm³/mol. The Morgan fingerprint density at radius 3 is 2.53 bits per heavy atom. The first-order valence-electron chi connectivity index (χ1n) is 7.02. The topological polar surface area (TPSA) is 30.3 Å². The maximum Gasteiger partial charge on any atom is 0.0950 e. The van der Waals surface area contributed by atoms with Gasteiger partial charge >= 0.3 is 0 Å². The van der Waals surface area contributed by atoms with E-state index in [1.54, 1.807) is 0 Å². The molecule has 2 rings (SSSR count). The Morgan fingerprint density at radius 2 is 1.89 bits per heavy atom. The second kappa shape index (κ2) is 6.18. The lowest BCUT2D eigenvalue weighted by Crippen LogP contribution is -2.48. The molecule has 0 radical (unpaired) electrons. The van der Waals surface area contributed by atoms with E-state index >= 15 is 0 Å². The number of benzene rings is 1. The number of aryl methyl sites for hydroxylation is 2. The van der Waals surface area contributed by atoms with Gasteiger partial charge in [-0.15, -0.1) is 0 Å². The lowest BCUT2D eigenvalue weighted by atomic mass is 10.0. The van der Waals surface area contributed by atoms with E-state index in [9.17, 15) is 0 Å². The number of hydrogen-bond donors (Lipinski definition) is 0. The maximum atomic E-state index is 8.95. The van der Waals surface area contributed by atoms with E-state index in [0.717, 1.165) is 32.7 Å². The van der Waals surface area contributed by atoms with Crippen LogP contribution in [0.25, 0.3) is 0 Å². The Morgan fingerprint density at radius 1 is 1.21 bits per heavy atom. The average Bonchev–Trinajstić information content (AvgIpc) is 2.43. The predicted octanol–water partition coefficient (Wildman–Crippen LogP) is 2.33. The van der Waals surface area contributed by atoms with Gasteiger partial charge < -0.3 is 0 Å². The van der Waals surface area contributed by atoms with Gasteiger partial charge in [0.15, 0.2) is 0 Å². The highest BCUT2D eigenvalue weighted by Crippen LogP contribution is 2.15. The molecule has 1 aromatic carbocycles. The minimum Gasteiger partial charge on any atom is -0.297 e. The maximum absolute atomic E-state index is 8.95. The average molecular weight is 257 g/mol. The van der Waals surface area contributed by atoms with Crippen LogP contribution in [0, 0.1) is 25.2 Å². The van der Waals surface area contributed by atoms with Crippen LogP contribution in [0.15, 0.2) is 18.2 Å². The third-order valence-corrected chi connectivity index (χ3v) is 4.04. The quantitative estimate of drug-likeness (QED) is 0.832. The summed E-state index contributed by atoms with van der Waals surface area (Å²) < 4.78 is 0. The molecule has 1 heterocycles. The highest BCUT2D eigenvalue weighted by atomic mass is 15.3. The van der Waals surface area contributed by atoms with Gasteiger partial charge in [-0.3, -0.25) is 9.80 Å². The summed E-state index contributed by atoms with van der Waals surface area (Å²) in [7, 11) is 0. The molecule has 19 heavy (non-hydrogen) atoms. The van der Waals surface area contributed by atoms with Gasteiger partial charge in [0.1, 0.15) is 0 Å². The van der Waals surface area contributed by atoms with E-state index in [4.69, 9.17) is 5.26 Å². The van der Waals surface area contributed by atoms with Gasteiger partial charge in [-0.25, -0.2) is 0 Å². The summed E-state index contributed by atoms with van der Waals surface area (Å²) >= 11 is 0. The zero-order chi connectivity index (χ0) is 13.8. The summed E-state index contributed by atoms with van der Waals surface area (Å²) in [5.74, 6) is 0. The standard InChI is InChI=1S/C16H23N3/c1-13-4-5-14(2)16(10-13)12-18-6-8-19(9-7-18)15(3)11-17/h4-5,10,15H,6-9,12H2,1-3H3. The van der Waals surface area contributed by atoms with Crippen molar-refractivity contribution < 1.29 is 0 Å². The Kier molecular flexibility index (Phi) is 4.57. The fourth-order valence-electron chi connectivity index (χ4n) is 2.60. The van der Waals surface area contributed by atoms with Gasteiger partial charge in [-0.1, -0.05) is 23.8 Å². The van der Waals surface area contributed by atoms with Crippen LogP contribution >= 0.6 is 0 Å². The largest absolute Gasteiger partial charge is 0.297 e. The van der Waals surface area contributed by atoms with Gasteiger partial charge in [0, 0.05) is 32.7 Å². The van der Waals surface area contributed by atoms with Crippen LogP contribution in [0.5, 0.6) is 0 Å². The molecular weight excluding hydrogens is 234 g/mol. The first-order valence-corrected chi connectivity index (χ1v) is 7.02. The second-order valence-corrected chi connectivity index (χ2v) is 5.55. The van der Waals surface area contributed by atoms with Crippen LogP contribution in [0.4, 0.5) is 0 Å². The highest BCUT2D eigenvalue weighted by Gasteiger charge is 2.20. The van der Waals surface area contributed by atoms with Crippen molar-refractivity contribution in [1.29, 1.82) is 5.26 Å². The van der Waals surface area contributed by atoms with E-state index in [1.165, 1.54) is 16.7 Å². The van der Waals surface area contributed by atoms with Crippen molar-refractivity contribution in [3.8, 4) is 6.07 Å². The fraction of sp³-hybridized carbons (Fsp3) is 0.562. The normalized spacial score (nSPS) is 19.1. The van der Waals surface area contributed by atoms with Crippen molar-refractivity contribution in [1.82, 2.24) is 9.80 Å². The fourth-order valence-corrected chi connectivity index (χ4v) is 2.60. The van der Waals surface area contributed by atoms with E-state index < -0.39 is 0 Å². The van der Waals surface area contributed by atoms with Crippen LogP contribution in [0.2, 0.25) is 0 Å². The third-order valence-electron chi connectivity index (χ3n) is 4.04. The number of nitrogens with zero attached hydrogens (tertiary/aromatic N) is 3. The van der Waals surface area contributed by atoms with Crippen LogP contribution in [0.3, 0.4) is 0 Å². The number of hydrogen-bond acceptors (Lipinski definition) is 3. The molecule has 1 aromatic rings. The van der Waals surface area contributed by atoms with Crippen molar-refractivity contribution in [3.63, 3.8) is 0 Å². The summed E-state index contributed by atoms with van der Waals surface area (Å²) in [6, 6.07) is 9.04. The smallest absolute Gasteiger partial charge is 0.0950 e. The van der Waals surface area contributed by atoms with Gasteiger partial charge in [0.2, 0.25) is 0 Å². The molecule has 1 unspecified atom stereocenters. The van der Waals surface area contributed by atoms with Crippen molar-refractivity contribution in [2.75, 3.05) is 26.2 Å². The lowest BCUT2D eigenvalue weighted by Gasteiger charge is -2.36. The second-order valence-electron chi connectivity index (χ2n) is 5.55. The van der Waals surface area contributed by atoms with E-state index in [2.05, 4.69) is 47.9 Å². The summed E-state index contributed by atoms with van der Waals surface area (Å²) in [6.45, 7) is 11.5. The molecule has 0 saturated carbocycles. The monoisotopic (exact) mass is 257 g/mol. The van der Waals surface area contributed by atoms with E-state index in [1.807, 2.05) is 6.92 Å². The third kappa shape index (κ3) is 3.56. The van der Waals surface area contributed by atoms with E-state index in [-0.39, 0.29) is 6.04 Å². The van der Waals surface area contributed by atoms with Crippen LogP contribution < -0.4 is 0 Å². The number of piperazine rings is 1. The highest BCUT2D eigenvalue weighted by molar-refractivity contribution is 5.30. The van der Waals surface area contributed by atoms with Gasteiger partial charge in [0.05, 0.1) is 12.1 Å². The van der Waals surface area contributed by atoms with Crippen molar-refractivity contribution in [3.05, 3.63) is 34.9 Å². The molecule has 0 bridgehead atoms. The SMILES string of the molecule is Cc1ccc(C)c(CN2CCN(C(C)C#N)CC2)c1. The molecule has 0 N–H and O–H groups in total. The summed E-state index contributed by atoms with van der Waals surface area (Å²) in [6.07, 6.45) is 0. The van der Waals surface area contributed by atoms with Crippen molar-refractivity contribution in [2.24, 2.45) is 0 Å².